The van der Waals surface area contributed by atoms with Gasteiger partial charge in [0.2, 0.25) is 0 Å². The van der Waals surface area contributed by atoms with E-state index in [1.54, 1.807) is 17.8 Å². The number of thioether (sulfide) groups is 1. The smallest absolute Gasteiger partial charge is 0.179 e. The van der Waals surface area contributed by atoms with Crippen LogP contribution in [0.25, 0.3) is 0 Å². The molecule has 21 heavy (non-hydrogen) atoms. The van der Waals surface area contributed by atoms with Crippen molar-refractivity contribution in [3.05, 3.63) is 29.6 Å². The number of halogens is 1. The second kappa shape index (κ2) is 8.12. The molecule has 0 saturated carbocycles. The van der Waals surface area contributed by atoms with E-state index >= 15 is 0 Å². The molecule has 2 rings (SSSR count). The van der Waals surface area contributed by atoms with Crippen molar-refractivity contribution in [3.63, 3.8) is 0 Å². The minimum atomic E-state index is -0.175. The SMILES string of the molecule is CSc1nnc(Sc2cccc(F)c2CNCC(C)C)s1. The first-order chi connectivity index (χ1) is 10.1. The lowest BCUT2D eigenvalue weighted by molar-refractivity contribution is 0.530. The minimum absolute atomic E-state index is 0.175. The molecule has 0 amide bonds. The number of benzene rings is 1. The van der Waals surface area contributed by atoms with Crippen LogP contribution in [-0.2, 0) is 6.54 Å². The first kappa shape index (κ1) is 16.7. The molecule has 0 spiro atoms. The van der Waals surface area contributed by atoms with E-state index in [1.165, 1.54) is 29.2 Å². The molecule has 1 aromatic heterocycles. The zero-order valence-electron chi connectivity index (χ0n) is 12.2. The molecule has 0 radical (unpaired) electrons. The zero-order chi connectivity index (χ0) is 15.2. The highest BCUT2D eigenvalue weighted by atomic mass is 32.2. The van der Waals surface area contributed by atoms with Crippen molar-refractivity contribution < 1.29 is 4.39 Å². The average molecular weight is 344 g/mol. The van der Waals surface area contributed by atoms with Crippen LogP contribution in [0.2, 0.25) is 0 Å². The molecule has 0 aliphatic heterocycles. The van der Waals surface area contributed by atoms with Crippen molar-refractivity contribution in [2.75, 3.05) is 12.8 Å². The van der Waals surface area contributed by atoms with Crippen molar-refractivity contribution in [1.29, 1.82) is 0 Å². The van der Waals surface area contributed by atoms with Crippen LogP contribution in [0.3, 0.4) is 0 Å². The van der Waals surface area contributed by atoms with E-state index in [0.717, 1.165) is 20.1 Å². The molecule has 2 aromatic rings. The van der Waals surface area contributed by atoms with Gasteiger partial charge in [-0.1, -0.05) is 54.8 Å². The van der Waals surface area contributed by atoms with Gasteiger partial charge in [-0.25, -0.2) is 4.39 Å². The summed E-state index contributed by atoms with van der Waals surface area (Å²) in [5.74, 6) is 0.367. The summed E-state index contributed by atoms with van der Waals surface area (Å²) in [7, 11) is 0. The minimum Gasteiger partial charge on any atom is -0.312 e. The molecule has 0 saturated heterocycles. The summed E-state index contributed by atoms with van der Waals surface area (Å²) in [6.45, 7) is 5.67. The van der Waals surface area contributed by atoms with Gasteiger partial charge in [-0.05, 0) is 30.9 Å². The lowest BCUT2D eigenvalue weighted by Gasteiger charge is -2.11. The molecule has 0 atom stereocenters. The highest BCUT2D eigenvalue weighted by Crippen LogP contribution is 2.35. The Labute approximate surface area is 137 Å². The Bertz CT molecular complexity index is 587. The largest absolute Gasteiger partial charge is 0.312 e. The van der Waals surface area contributed by atoms with Crippen LogP contribution in [-0.4, -0.2) is 23.0 Å². The number of rotatable bonds is 7. The van der Waals surface area contributed by atoms with Crippen LogP contribution in [0.5, 0.6) is 0 Å². The Morgan fingerprint density at radius 1 is 1.29 bits per heavy atom. The maximum atomic E-state index is 14.1. The molecule has 0 bridgehead atoms. The summed E-state index contributed by atoms with van der Waals surface area (Å²) in [6.07, 6.45) is 1.97. The van der Waals surface area contributed by atoms with Gasteiger partial charge in [0.25, 0.3) is 0 Å². The molecule has 114 valence electrons. The Kier molecular flexibility index (Phi) is 6.47. The van der Waals surface area contributed by atoms with Crippen molar-refractivity contribution >= 4 is 34.9 Å². The van der Waals surface area contributed by atoms with Crippen LogP contribution in [0, 0.1) is 11.7 Å². The third-order valence-electron chi connectivity index (χ3n) is 2.69. The standard InChI is InChI=1S/C14H18FN3S3/c1-9(2)7-16-8-10-11(15)5-4-6-12(10)20-14-18-17-13(19-3)21-14/h4-6,9,16H,7-8H2,1-3H3. The lowest BCUT2D eigenvalue weighted by atomic mass is 10.2. The van der Waals surface area contributed by atoms with E-state index in [-0.39, 0.29) is 5.82 Å². The molecule has 3 nitrogen and oxygen atoms in total. The fraction of sp³-hybridized carbons (Fsp3) is 0.429. The van der Waals surface area contributed by atoms with Crippen LogP contribution >= 0.6 is 34.9 Å². The molecule has 0 aliphatic carbocycles. The Balaban J connectivity index is 2.12. The molecule has 0 fully saturated rings. The molecule has 1 aromatic carbocycles. The van der Waals surface area contributed by atoms with Crippen molar-refractivity contribution in [2.24, 2.45) is 5.92 Å². The monoisotopic (exact) mass is 343 g/mol. The number of hydrogen-bond acceptors (Lipinski definition) is 6. The summed E-state index contributed by atoms with van der Waals surface area (Å²) in [5, 5.41) is 11.5. The van der Waals surface area contributed by atoms with Gasteiger partial charge in [-0.15, -0.1) is 10.2 Å². The van der Waals surface area contributed by atoms with Crippen LogP contribution in [0.1, 0.15) is 19.4 Å². The van der Waals surface area contributed by atoms with Crippen LogP contribution < -0.4 is 5.32 Å². The molecular formula is C14H18FN3S3. The van der Waals surface area contributed by atoms with Gasteiger partial charge < -0.3 is 5.32 Å². The normalized spacial score (nSPS) is 11.3. The fourth-order valence-corrected chi connectivity index (χ4v) is 4.25. The van der Waals surface area contributed by atoms with E-state index in [0.29, 0.717) is 18.0 Å². The second-order valence-corrected chi connectivity index (χ2v) is 8.20. The quantitative estimate of drug-likeness (QED) is 0.759. The number of nitrogens with zero attached hydrogens (tertiary/aromatic N) is 2. The highest BCUT2D eigenvalue weighted by molar-refractivity contribution is 8.03. The third-order valence-corrected chi connectivity index (χ3v) is 5.74. The Morgan fingerprint density at radius 3 is 2.71 bits per heavy atom. The summed E-state index contributed by atoms with van der Waals surface area (Å²) in [6, 6.07) is 5.17. The van der Waals surface area contributed by atoms with Gasteiger partial charge in [0.15, 0.2) is 8.68 Å². The van der Waals surface area contributed by atoms with Gasteiger partial charge in [0.05, 0.1) is 0 Å². The first-order valence-corrected chi connectivity index (χ1v) is 9.49. The fourth-order valence-electron chi connectivity index (χ4n) is 1.71. The van der Waals surface area contributed by atoms with E-state index in [9.17, 15) is 4.39 Å². The second-order valence-electron chi connectivity index (χ2n) is 4.88. The molecular weight excluding hydrogens is 325 g/mol. The number of aromatic nitrogens is 2. The molecule has 1 N–H and O–H groups in total. The van der Waals surface area contributed by atoms with E-state index in [4.69, 9.17) is 0 Å². The zero-order valence-corrected chi connectivity index (χ0v) is 14.7. The summed E-state index contributed by atoms with van der Waals surface area (Å²) >= 11 is 4.58. The predicted molar refractivity (Wildman–Crippen MR) is 88.8 cm³/mol. The summed E-state index contributed by atoms with van der Waals surface area (Å²) < 4.78 is 15.8. The lowest BCUT2D eigenvalue weighted by Crippen LogP contribution is -2.20. The van der Waals surface area contributed by atoms with Crippen LogP contribution in [0.4, 0.5) is 4.39 Å². The molecule has 0 aliphatic rings. The average Bonchev–Trinajstić information content (AvgIpc) is 2.89. The van der Waals surface area contributed by atoms with E-state index in [2.05, 4.69) is 29.4 Å². The Hall–Kier alpha value is -0.630. The Morgan fingerprint density at radius 2 is 2.05 bits per heavy atom. The van der Waals surface area contributed by atoms with Gasteiger partial charge in [0.1, 0.15) is 5.82 Å². The van der Waals surface area contributed by atoms with Crippen molar-refractivity contribution in [3.8, 4) is 0 Å². The summed E-state index contributed by atoms with van der Waals surface area (Å²) in [5.41, 5.74) is 0.698. The van der Waals surface area contributed by atoms with Gasteiger partial charge >= 0.3 is 0 Å². The van der Waals surface area contributed by atoms with Gasteiger partial charge in [0, 0.05) is 17.0 Å². The third kappa shape index (κ3) is 4.95. The predicted octanol–water partition coefficient (Wildman–Crippen LogP) is 4.30. The molecule has 1 heterocycles. The van der Waals surface area contributed by atoms with Crippen LogP contribution in [0.15, 0.2) is 31.8 Å². The maximum absolute atomic E-state index is 14.1. The summed E-state index contributed by atoms with van der Waals surface area (Å²) in [4.78, 5) is 0.898. The topological polar surface area (TPSA) is 37.8 Å². The van der Waals surface area contributed by atoms with Crippen molar-refractivity contribution in [2.45, 2.75) is 34.0 Å². The van der Waals surface area contributed by atoms with Gasteiger partial charge in [-0.2, -0.15) is 0 Å². The maximum Gasteiger partial charge on any atom is 0.179 e. The first-order valence-electron chi connectivity index (χ1n) is 6.63. The highest BCUT2D eigenvalue weighted by Gasteiger charge is 2.12. The number of hydrogen-bond donors (Lipinski definition) is 1. The van der Waals surface area contributed by atoms with Gasteiger partial charge in [-0.3, -0.25) is 0 Å². The molecule has 7 heteroatoms. The van der Waals surface area contributed by atoms with Crippen molar-refractivity contribution in [1.82, 2.24) is 15.5 Å². The van der Waals surface area contributed by atoms with E-state index < -0.39 is 0 Å². The van der Waals surface area contributed by atoms with E-state index in [1.807, 2.05) is 12.3 Å². The molecule has 0 unspecified atom stereocenters. The number of nitrogens with one attached hydrogen (secondary N) is 1.